The number of anilines is 1. The van der Waals surface area contributed by atoms with Crippen molar-refractivity contribution in [3.8, 4) is 17.2 Å². The van der Waals surface area contributed by atoms with Crippen LogP contribution in [0, 0.1) is 0 Å². The molecule has 8 nitrogen and oxygen atoms in total. The largest absolute Gasteiger partial charge is 0.454 e. The van der Waals surface area contributed by atoms with Gasteiger partial charge in [-0.05, 0) is 49.7 Å². The van der Waals surface area contributed by atoms with E-state index in [1.165, 1.54) is 6.33 Å². The van der Waals surface area contributed by atoms with Crippen LogP contribution in [-0.4, -0.2) is 45.0 Å². The molecule has 0 spiro atoms. The minimum absolute atomic E-state index is 0.0146. The molecular formula is C21H21N5O3. The number of nitrogens with one attached hydrogen (secondary N) is 1. The smallest absolute Gasteiger partial charge is 0.241 e. The lowest BCUT2D eigenvalue weighted by atomic mass is 10.1. The van der Waals surface area contributed by atoms with Gasteiger partial charge in [-0.2, -0.15) is 5.10 Å². The van der Waals surface area contributed by atoms with E-state index in [1.807, 2.05) is 42.5 Å². The monoisotopic (exact) mass is 391 g/mol. The molecule has 0 unspecified atom stereocenters. The summed E-state index contributed by atoms with van der Waals surface area (Å²) in [6, 6.07) is 13.3. The van der Waals surface area contributed by atoms with Gasteiger partial charge in [0.05, 0.1) is 11.7 Å². The van der Waals surface area contributed by atoms with Gasteiger partial charge in [0, 0.05) is 17.8 Å². The number of likely N-dealkylation sites (tertiary alicyclic amines) is 1. The molecule has 0 saturated carbocycles. The molecule has 3 heterocycles. The Morgan fingerprint density at radius 3 is 2.90 bits per heavy atom. The number of carbonyl (C=O) groups excluding carboxylic acids is 1. The van der Waals surface area contributed by atoms with Crippen LogP contribution >= 0.6 is 0 Å². The Bertz CT molecular complexity index is 1000. The molecule has 0 radical (unpaired) electrons. The lowest BCUT2D eigenvalue weighted by molar-refractivity contribution is -0.120. The highest BCUT2D eigenvalue weighted by Crippen LogP contribution is 2.37. The van der Waals surface area contributed by atoms with E-state index in [0.29, 0.717) is 6.54 Å². The van der Waals surface area contributed by atoms with Crippen LogP contribution in [0.4, 0.5) is 5.69 Å². The van der Waals surface area contributed by atoms with Crippen LogP contribution in [0.1, 0.15) is 18.4 Å². The Kier molecular flexibility index (Phi) is 4.61. The number of ether oxygens (including phenoxy) is 2. The normalized spacial score (nSPS) is 18.1. The number of amides is 1. The number of aromatic nitrogens is 3. The van der Waals surface area contributed by atoms with E-state index >= 15 is 0 Å². The SMILES string of the molecule is O=C(Nc1ccc(-n2cncn2)cc1)[C@H]1CCCN1Cc1cccc2c1OCO2. The quantitative estimate of drug-likeness (QED) is 0.720. The van der Waals surface area contributed by atoms with Crippen LogP contribution in [0.5, 0.6) is 11.5 Å². The third-order valence-corrected chi connectivity index (χ3v) is 5.34. The zero-order chi connectivity index (χ0) is 19.6. The molecule has 2 aromatic carbocycles. The topological polar surface area (TPSA) is 81.5 Å². The number of para-hydroxylation sites is 1. The third kappa shape index (κ3) is 3.54. The van der Waals surface area contributed by atoms with Crippen molar-refractivity contribution >= 4 is 11.6 Å². The van der Waals surface area contributed by atoms with Gasteiger partial charge in [0.15, 0.2) is 11.5 Å². The van der Waals surface area contributed by atoms with Gasteiger partial charge in [0.25, 0.3) is 0 Å². The maximum absolute atomic E-state index is 12.9. The lowest BCUT2D eigenvalue weighted by Gasteiger charge is -2.24. The second kappa shape index (κ2) is 7.56. The molecule has 148 valence electrons. The van der Waals surface area contributed by atoms with Crippen molar-refractivity contribution in [3.63, 3.8) is 0 Å². The minimum atomic E-state index is -0.164. The molecule has 1 atom stereocenters. The standard InChI is InChI=1S/C21H21N5O3/c27-21(24-16-6-8-17(9-7-16)26-13-22-12-23-26)18-4-2-10-25(18)11-15-3-1-5-19-20(15)29-14-28-19/h1,3,5-9,12-13,18H,2,4,10-11,14H2,(H,24,27)/t18-/m1/s1. The maximum atomic E-state index is 12.9. The third-order valence-electron chi connectivity index (χ3n) is 5.34. The number of hydrogen-bond donors (Lipinski definition) is 1. The predicted octanol–water partition coefficient (Wildman–Crippen LogP) is 2.60. The zero-order valence-electron chi connectivity index (χ0n) is 15.8. The Balaban J connectivity index is 1.26. The molecule has 5 rings (SSSR count). The van der Waals surface area contributed by atoms with Crippen molar-refractivity contribution < 1.29 is 14.3 Å². The van der Waals surface area contributed by atoms with Gasteiger partial charge < -0.3 is 14.8 Å². The average molecular weight is 391 g/mol. The van der Waals surface area contributed by atoms with Gasteiger partial charge in [0.1, 0.15) is 12.7 Å². The first-order valence-electron chi connectivity index (χ1n) is 9.65. The second-order valence-corrected chi connectivity index (χ2v) is 7.16. The van der Waals surface area contributed by atoms with Crippen molar-refractivity contribution in [3.05, 3.63) is 60.7 Å². The van der Waals surface area contributed by atoms with E-state index in [4.69, 9.17) is 9.47 Å². The van der Waals surface area contributed by atoms with Crippen LogP contribution in [0.2, 0.25) is 0 Å². The number of benzene rings is 2. The Morgan fingerprint density at radius 2 is 2.07 bits per heavy atom. The van der Waals surface area contributed by atoms with Crippen molar-refractivity contribution in [1.29, 1.82) is 0 Å². The summed E-state index contributed by atoms with van der Waals surface area (Å²) in [7, 11) is 0. The van der Waals surface area contributed by atoms with E-state index in [0.717, 1.165) is 47.8 Å². The average Bonchev–Trinajstić information content (AvgIpc) is 3.50. The van der Waals surface area contributed by atoms with Crippen LogP contribution in [0.15, 0.2) is 55.1 Å². The second-order valence-electron chi connectivity index (χ2n) is 7.16. The fourth-order valence-electron chi connectivity index (χ4n) is 3.91. The van der Waals surface area contributed by atoms with Gasteiger partial charge in [-0.15, -0.1) is 0 Å². The van der Waals surface area contributed by atoms with Crippen molar-refractivity contribution in [2.45, 2.75) is 25.4 Å². The van der Waals surface area contributed by atoms with E-state index in [2.05, 4.69) is 20.3 Å². The highest BCUT2D eigenvalue weighted by Gasteiger charge is 2.32. The Labute approximate surface area is 168 Å². The summed E-state index contributed by atoms with van der Waals surface area (Å²) in [4.78, 5) is 19.1. The van der Waals surface area contributed by atoms with Crippen molar-refractivity contribution in [2.75, 3.05) is 18.7 Å². The van der Waals surface area contributed by atoms with Crippen LogP contribution < -0.4 is 14.8 Å². The summed E-state index contributed by atoms with van der Waals surface area (Å²) in [5, 5.41) is 7.15. The van der Waals surface area contributed by atoms with Crippen LogP contribution in [0.3, 0.4) is 0 Å². The Hall–Kier alpha value is -3.39. The molecule has 0 aliphatic carbocycles. The van der Waals surface area contributed by atoms with Gasteiger partial charge in [-0.3, -0.25) is 9.69 Å². The van der Waals surface area contributed by atoms with E-state index < -0.39 is 0 Å². The van der Waals surface area contributed by atoms with Gasteiger partial charge in [0.2, 0.25) is 12.7 Å². The lowest BCUT2D eigenvalue weighted by Crippen LogP contribution is -2.39. The zero-order valence-corrected chi connectivity index (χ0v) is 15.8. The fourth-order valence-corrected chi connectivity index (χ4v) is 3.91. The summed E-state index contributed by atoms with van der Waals surface area (Å²) in [5.41, 5.74) is 2.71. The van der Waals surface area contributed by atoms with Crippen LogP contribution in [0.25, 0.3) is 5.69 Å². The number of hydrogen-bond acceptors (Lipinski definition) is 6. The summed E-state index contributed by atoms with van der Waals surface area (Å²) >= 11 is 0. The molecule has 29 heavy (non-hydrogen) atoms. The Morgan fingerprint density at radius 1 is 1.17 bits per heavy atom. The fraction of sp³-hybridized carbons (Fsp3) is 0.286. The first kappa shape index (κ1) is 17.7. The van der Waals surface area contributed by atoms with Crippen molar-refractivity contribution in [1.82, 2.24) is 19.7 Å². The van der Waals surface area contributed by atoms with E-state index in [-0.39, 0.29) is 18.7 Å². The first-order chi connectivity index (χ1) is 14.3. The predicted molar refractivity (Wildman–Crippen MR) is 106 cm³/mol. The number of nitrogens with zero attached hydrogens (tertiary/aromatic N) is 4. The van der Waals surface area contributed by atoms with Crippen molar-refractivity contribution in [2.24, 2.45) is 0 Å². The minimum Gasteiger partial charge on any atom is -0.454 e. The van der Waals surface area contributed by atoms with Gasteiger partial charge in [-0.1, -0.05) is 12.1 Å². The van der Waals surface area contributed by atoms with Gasteiger partial charge >= 0.3 is 0 Å². The molecule has 1 N–H and O–H groups in total. The number of fused-ring (bicyclic) bond motifs is 1. The molecule has 8 heteroatoms. The van der Waals surface area contributed by atoms with E-state index in [1.54, 1.807) is 11.0 Å². The van der Waals surface area contributed by atoms with Crippen LogP contribution in [-0.2, 0) is 11.3 Å². The molecule has 2 aliphatic rings. The molecule has 1 fully saturated rings. The highest BCUT2D eigenvalue weighted by molar-refractivity contribution is 5.95. The number of carbonyl (C=O) groups is 1. The summed E-state index contributed by atoms with van der Waals surface area (Å²) in [6.45, 7) is 1.80. The molecule has 1 aromatic heterocycles. The van der Waals surface area contributed by atoms with E-state index in [9.17, 15) is 4.79 Å². The molecule has 0 bridgehead atoms. The maximum Gasteiger partial charge on any atom is 0.241 e. The summed E-state index contributed by atoms with van der Waals surface area (Å²) in [5.74, 6) is 1.58. The molecule has 1 amide bonds. The van der Waals surface area contributed by atoms with Gasteiger partial charge in [-0.25, -0.2) is 9.67 Å². The molecular weight excluding hydrogens is 370 g/mol. The summed E-state index contributed by atoms with van der Waals surface area (Å²) in [6.07, 6.45) is 4.97. The molecule has 2 aliphatic heterocycles. The molecule has 1 saturated heterocycles. The highest BCUT2D eigenvalue weighted by atomic mass is 16.7. The first-order valence-corrected chi connectivity index (χ1v) is 9.65. The molecule has 3 aromatic rings. The summed E-state index contributed by atoms with van der Waals surface area (Å²) < 4.78 is 12.8. The number of rotatable bonds is 5.